The minimum Gasteiger partial charge on any atom is -0.497 e. The number of carboxylic acids is 1. The molecule has 0 aliphatic carbocycles. The summed E-state index contributed by atoms with van der Waals surface area (Å²) in [5, 5.41) is 13.7. The summed E-state index contributed by atoms with van der Waals surface area (Å²) in [6.07, 6.45) is 0. The van der Waals surface area contributed by atoms with Crippen LogP contribution in [0.5, 0.6) is 5.75 Å². The zero-order chi connectivity index (χ0) is 28.4. The summed E-state index contributed by atoms with van der Waals surface area (Å²) in [7, 11) is 1.63. The molecule has 5 aromatic rings. The first-order valence-electron chi connectivity index (χ1n) is 13.2. The van der Waals surface area contributed by atoms with E-state index in [0.717, 1.165) is 44.6 Å². The highest BCUT2D eigenvalue weighted by Crippen LogP contribution is 2.29. The van der Waals surface area contributed by atoms with Crippen LogP contribution < -0.4 is 10.1 Å². The fourth-order valence-electron chi connectivity index (χ4n) is 5.16. The molecule has 40 heavy (non-hydrogen) atoms. The lowest BCUT2D eigenvalue weighted by Crippen LogP contribution is -2.26. The Morgan fingerprint density at radius 3 is 2.40 bits per heavy atom. The van der Waals surface area contributed by atoms with E-state index < -0.39 is 5.97 Å². The minimum atomic E-state index is -0.938. The highest BCUT2D eigenvalue weighted by Gasteiger charge is 2.17. The predicted molar refractivity (Wildman–Crippen MR) is 158 cm³/mol. The first-order valence-corrected chi connectivity index (χ1v) is 13.2. The average Bonchev–Trinajstić information content (AvgIpc) is 3.21. The standard InChI is InChI=1S/C34H32N2O4/c1-21-23(3)36(20-24-12-14-25(15-13-24)29-10-5-6-11-30(29)34(38)39)32-17-16-27(19-31(21)32)33(37)35-22(2)26-8-7-9-28(18-26)40-4/h5-19,22H,20H2,1-4H3,(H,35,37)(H,38,39). The molecular formula is C34H32N2O4. The topological polar surface area (TPSA) is 80.6 Å². The molecule has 0 aliphatic rings. The highest BCUT2D eigenvalue weighted by molar-refractivity contribution is 5.99. The average molecular weight is 533 g/mol. The Morgan fingerprint density at radius 2 is 1.68 bits per heavy atom. The lowest BCUT2D eigenvalue weighted by Gasteiger charge is -2.15. The molecule has 1 atom stereocenters. The van der Waals surface area contributed by atoms with Crippen molar-refractivity contribution in [2.24, 2.45) is 0 Å². The van der Waals surface area contributed by atoms with E-state index in [-0.39, 0.29) is 17.5 Å². The number of rotatable bonds is 8. The summed E-state index contributed by atoms with van der Waals surface area (Å²) in [6, 6.07) is 28.4. The van der Waals surface area contributed by atoms with Crippen LogP contribution in [-0.2, 0) is 6.54 Å². The second-order valence-electron chi connectivity index (χ2n) is 10.0. The van der Waals surface area contributed by atoms with E-state index in [9.17, 15) is 14.7 Å². The van der Waals surface area contributed by atoms with E-state index in [1.54, 1.807) is 19.2 Å². The molecule has 0 radical (unpaired) electrons. The molecule has 1 aromatic heterocycles. The van der Waals surface area contributed by atoms with E-state index in [4.69, 9.17) is 4.74 Å². The van der Waals surface area contributed by atoms with Gasteiger partial charge in [0.05, 0.1) is 18.7 Å². The molecule has 4 aromatic carbocycles. The van der Waals surface area contributed by atoms with Crippen LogP contribution in [0.15, 0.2) is 91.0 Å². The summed E-state index contributed by atoms with van der Waals surface area (Å²) in [5.41, 5.74) is 7.88. The second kappa shape index (κ2) is 11.1. The number of amides is 1. The van der Waals surface area contributed by atoms with Gasteiger partial charge in [-0.2, -0.15) is 0 Å². The Hall–Kier alpha value is -4.84. The maximum Gasteiger partial charge on any atom is 0.336 e. The van der Waals surface area contributed by atoms with Crippen LogP contribution in [0.3, 0.4) is 0 Å². The summed E-state index contributed by atoms with van der Waals surface area (Å²) in [4.78, 5) is 24.8. The molecular weight excluding hydrogens is 500 g/mol. The van der Waals surface area contributed by atoms with Gasteiger partial charge in [-0.1, -0.05) is 54.6 Å². The molecule has 0 fully saturated rings. The number of fused-ring (bicyclic) bond motifs is 1. The van der Waals surface area contributed by atoms with Crippen molar-refractivity contribution in [3.8, 4) is 16.9 Å². The fourth-order valence-corrected chi connectivity index (χ4v) is 5.16. The third-order valence-electron chi connectivity index (χ3n) is 7.61. The van der Waals surface area contributed by atoms with Gasteiger partial charge in [-0.3, -0.25) is 4.79 Å². The van der Waals surface area contributed by atoms with Gasteiger partial charge in [0, 0.05) is 28.7 Å². The number of nitrogens with zero attached hydrogens (tertiary/aromatic N) is 1. The van der Waals surface area contributed by atoms with E-state index in [0.29, 0.717) is 17.7 Å². The van der Waals surface area contributed by atoms with E-state index in [1.165, 1.54) is 0 Å². The van der Waals surface area contributed by atoms with Crippen LogP contribution in [0, 0.1) is 13.8 Å². The maximum absolute atomic E-state index is 13.1. The number of aromatic carboxylic acids is 1. The molecule has 1 unspecified atom stereocenters. The zero-order valence-electron chi connectivity index (χ0n) is 23.1. The number of nitrogens with one attached hydrogen (secondary N) is 1. The van der Waals surface area contributed by atoms with E-state index in [1.807, 2.05) is 85.8 Å². The monoisotopic (exact) mass is 532 g/mol. The Kier molecular flexibility index (Phi) is 7.43. The van der Waals surface area contributed by atoms with Gasteiger partial charge in [0.25, 0.3) is 5.91 Å². The van der Waals surface area contributed by atoms with Crippen LogP contribution in [0.2, 0.25) is 0 Å². The van der Waals surface area contributed by atoms with Gasteiger partial charge < -0.3 is 19.7 Å². The van der Waals surface area contributed by atoms with Crippen LogP contribution in [0.25, 0.3) is 22.0 Å². The van der Waals surface area contributed by atoms with Crippen LogP contribution in [0.1, 0.15) is 56.1 Å². The summed E-state index contributed by atoms with van der Waals surface area (Å²) in [5.74, 6) is -0.307. The third-order valence-corrected chi connectivity index (χ3v) is 7.61. The summed E-state index contributed by atoms with van der Waals surface area (Å²) < 4.78 is 7.57. The molecule has 0 spiro atoms. The van der Waals surface area contributed by atoms with Gasteiger partial charge in [0.1, 0.15) is 5.75 Å². The number of benzene rings is 4. The van der Waals surface area contributed by atoms with Gasteiger partial charge in [0.2, 0.25) is 0 Å². The number of carbonyl (C=O) groups excluding carboxylic acids is 1. The number of hydrogen-bond acceptors (Lipinski definition) is 3. The normalized spacial score (nSPS) is 11.8. The van der Waals surface area contributed by atoms with Crippen molar-refractivity contribution < 1.29 is 19.4 Å². The number of aromatic nitrogens is 1. The molecule has 1 heterocycles. The van der Waals surface area contributed by atoms with Crippen molar-refractivity contribution in [3.05, 3.63) is 125 Å². The minimum absolute atomic E-state index is 0.126. The highest BCUT2D eigenvalue weighted by atomic mass is 16.5. The summed E-state index contributed by atoms with van der Waals surface area (Å²) >= 11 is 0. The molecule has 0 saturated carbocycles. The lowest BCUT2D eigenvalue weighted by atomic mass is 9.99. The molecule has 0 bridgehead atoms. The fraction of sp³-hybridized carbons (Fsp3) is 0.176. The molecule has 6 nitrogen and oxygen atoms in total. The van der Waals surface area contributed by atoms with Crippen LogP contribution in [-0.4, -0.2) is 28.7 Å². The number of aryl methyl sites for hydroxylation is 1. The SMILES string of the molecule is COc1cccc(C(C)NC(=O)c2ccc3c(c2)c(C)c(C)n3Cc2ccc(-c3ccccc3C(=O)O)cc2)c1. The van der Waals surface area contributed by atoms with Gasteiger partial charge in [-0.15, -0.1) is 0 Å². The second-order valence-corrected chi connectivity index (χ2v) is 10.0. The van der Waals surface area contributed by atoms with Gasteiger partial charge in [0.15, 0.2) is 0 Å². The molecule has 0 aliphatic heterocycles. The molecule has 5 rings (SSSR count). The predicted octanol–water partition coefficient (Wildman–Crippen LogP) is 7.17. The Morgan fingerprint density at radius 1 is 0.925 bits per heavy atom. The van der Waals surface area contributed by atoms with E-state index in [2.05, 4.69) is 23.7 Å². The number of ether oxygens (including phenoxy) is 1. The molecule has 202 valence electrons. The van der Waals surface area contributed by atoms with Crippen molar-refractivity contribution in [1.29, 1.82) is 0 Å². The Labute approximate surface area is 233 Å². The van der Waals surface area contributed by atoms with Gasteiger partial charge in [-0.25, -0.2) is 4.79 Å². The van der Waals surface area contributed by atoms with Crippen molar-refractivity contribution in [3.63, 3.8) is 0 Å². The van der Waals surface area contributed by atoms with Gasteiger partial charge in [-0.05, 0) is 85.0 Å². The number of hydrogen-bond donors (Lipinski definition) is 2. The van der Waals surface area contributed by atoms with E-state index >= 15 is 0 Å². The Bertz CT molecular complexity index is 1720. The largest absolute Gasteiger partial charge is 0.497 e. The zero-order valence-corrected chi connectivity index (χ0v) is 23.1. The number of methoxy groups -OCH3 is 1. The third kappa shape index (κ3) is 5.21. The Balaban J connectivity index is 1.38. The molecule has 1 amide bonds. The van der Waals surface area contributed by atoms with Crippen molar-refractivity contribution in [2.45, 2.75) is 33.4 Å². The van der Waals surface area contributed by atoms with Crippen molar-refractivity contribution in [2.75, 3.05) is 7.11 Å². The van der Waals surface area contributed by atoms with Crippen LogP contribution >= 0.6 is 0 Å². The molecule has 6 heteroatoms. The quantitative estimate of drug-likeness (QED) is 0.222. The number of carboxylic acid groups (broad SMARTS) is 1. The lowest BCUT2D eigenvalue weighted by molar-refractivity contribution is 0.0697. The van der Waals surface area contributed by atoms with Crippen molar-refractivity contribution >= 4 is 22.8 Å². The number of carbonyl (C=O) groups is 2. The van der Waals surface area contributed by atoms with Crippen LogP contribution in [0.4, 0.5) is 0 Å². The molecule has 2 N–H and O–H groups in total. The summed E-state index contributed by atoms with van der Waals surface area (Å²) in [6.45, 7) is 6.80. The van der Waals surface area contributed by atoms with Crippen molar-refractivity contribution in [1.82, 2.24) is 9.88 Å². The first-order chi connectivity index (χ1) is 19.3. The first kappa shape index (κ1) is 26.8. The van der Waals surface area contributed by atoms with Gasteiger partial charge >= 0.3 is 5.97 Å². The smallest absolute Gasteiger partial charge is 0.336 e. The maximum atomic E-state index is 13.1. The molecule has 0 saturated heterocycles.